The molecular formula is C11H8Br4O4. The summed E-state index contributed by atoms with van der Waals surface area (Å²) < 4.78 is 12.9. The third-order valence-electron chi connectivity index (χ3n) is 1.93. The van der Waals surface area contributed by atoms with Gasteiger partial charge in [-0.2, -0.15) is 0 Å². The Morgan fingerprint density at radius 2 is 1.42 bits per heavy atom. The lowest BCUT2D eigenvalue weighted by Crippen LogP contribution is -2.15. The van der Waals surface area contributed by atoms with Crippen LogP contribution in [0.1, 0.15) is 25.7 Å². The SMILES string of the molecule is CC(=O)OC(OC(C)=O)c1cc(Br)c(Br)c(Br)c1Br. The molecule has 0 aliphatic rings. The maximum absolute atomic E-state index is 11.1. The Balaban J connectivity index is 3.29. The zero-order chi connectivity index (χ0) is 14.7. The topological polar surface area (TPSA) is 52.6 Å². The smallest absolute Gasteiger partial charge is 0.305 e. The van der Waals surface area contributed by atoms with Crippen molar-refractivity contribution in [2.24, 2.45) is 0 Å². The van der Waals surface area contributed by atoms with Gasteiger partial charge in [0.2, 0.25) is 0 Å². The van der Waals surface area contributed by atoms with Crippen molar-refractivity contribution < 1.29 is 19.1 Å². The summed E-state index contributed by atoms with van der Waals surface area (Å²) in [5.41, 5.74) is 0.507. The van der Waals surface area contributed by atoms with E-state index in [1.807, 2.05) is 0 Å². The van der Waals surface area contributed by atoms with Crippen molar-refractivity contribution in [3.8, 4) is 0 Å². The number of ether oxygens (including phenoxy) is 2. The Morgan fingerprint density at radius 1 is 0.947 bits per heavy atom. The average Bonchev–Trinajstić information content (AvgIpc) is 2.29. The van der Waals surface area contributed by atoms with Gasteiger partial charge in [0, 0.05) is 37.3 Å². The van der Waals surface area contributed by atoms with Crippen LogP contribution in [0.4, 0.5) is 0 Å². The fourth-order valence-electron chi connectivity index (χ4n) is 1.22. The molecule has 4 nitrogen and oxygen atoms in total. The van der Waals surface area contributed by atoms with Crippen LogP contribution in [0.15, 0.2) is 24.0 Å². The molecule has 1 aromatic carbocycles. The van der Waals surface area contributed by atoms with Gasteiger partial charge in [0.1, 0.15) is 0 Å². The molecule has 0 aromatic heterocycles. The summed E-state index contributed by atoms with van der Waals surface area (Å²) in [5, 5.41) is 0. The molecule has 0 N–H and O–H groups in total. The summed E-state index contributed by atoms with van der Waals surface area (Å²) in [5.74, 6) is -1.10. The van der Waals surface area contributed by atoms with Crippen LogP contribution >= 0.6 is 63.7 Å². The van der Waals surface area contributed by atoms with E-state index in [0.29, 0.717) is 14.5 Å². The molecule has 0 amide bonds. The van der Waals surface area contributed by atoms with Crippen molar-refractivity contribution in [1.29, 1.82) is 0 Å². The van der Waals surface area contributed by atoms with Gasteiger partial charge >= 0.3 is 11.9 Å². The van der Waals surface area contributed by atoms with Crippen LogP contribution in [-0.4, -0.2) is 11.9 Å². The predicted molar refractivity (Wildman–Crippen MR) is 83.5 cm³/mol. The molecule has 0 aliphatic carbocycles. The molecule has 0 unspecified atom stereocenters. The number of hydrogen-bond acceptors (Lipinski definition) is 4. The maximum Gasteiger partial charge on any atom is 0.305 e. The van der Waals surface area contributed by atoms with E-state index in [1.54, 1.807) is 6.07 Å². The summed E-state index contributed by atoms with van der Waals surface area (Å²) in [7, 11) is 0. The first-order valence-electron chi connectivity index (χ1n) is 4.91. The van der Waals surface area contributed by atoms with E-state index >= 15 is 0 Å². The van der Waals surface area contributed by atoms with Crippen molar-refractivity contribution in [3.63, 3.8) is 0 Å². The van der Waals surface area contributed by atoms with Gasteiger partial charge in [-0.05, 0) is 69.8 Å². The van der Waals surface area contributed by atoms with Crippen molar-refractivity contribution in [1.82, 2.24) is 0 Å². The minimum atomic E-state index is -1.11. The molecule has 0 atom stereocenters. The molecule has 0 saturated heterocycles. The minimum Gasteiger partial charge on any atom is -0.421 e. The van der Waals surface area contributed by atoms with E-state index in [0.717, 1.165) is 8.95 Å². The minimum absolute atomic E-state index is 0.507. The lowest BCUT2D eigenvalue weighted by Gasteiger charge is -2.19. The molecule has 0 heterocycles. The molecule has 1 aromatic rings. The zero-order valence-electron chi connectivity index (χ0n) is 9.80. The Morgan fingerprint density at radius 3 is 1.84 bits per heavy atom. The first-order valence-corrected chi connectivity index (χ1v) is 8.08. The number of halogens is 4. The van der Waals surface area contributed by atoms with E-state index in [1.165, 1.54) is 13.8 Å². The van der Waals surface area contributed by atoms with E-state index < -0.39 is 18.2 Å². The normalized spacial score (nSPS) is 10.5. The highest BCUT2D eigenvalue weighted by atomic mass is 79.9. The monoisotopic (exact) mass is 520 g/mol. The van der Waals surface area contributed by atoms with E-state index in [9.17, 15) is 9.59 Å². The first-order chi connectivity index (χ1) is 8.73. The van der Waals surface area contributed by atoms with Crippen molar-refractivity contribution >= 4 is 75.7 Å². The third-order valence-corrected chi connectivity index (χ3v) is 6.62. The highest BCUT2D eigenvalue weighted by Gasteiger charge is 2.24. The number of benzene rings is 1. The zero-order valence-corrected chi connectivity index (χ0v) is 16.1. The molecule has 0 bridgehead atoms. The first kappa shape index (κ1) is 17.1. The molecule has 0 fully saturated rings. The number of carbonyl (C=O) groups excluding carboxylic acids is 2. The number of rotatable bonds is 3. The highest BCUT2D eigenvalue weighted by molar-refractivity contribution is 9.15. The number of carbonyl (C=O) groups is 2. The van der Waals surface area contributed by atoms with Crippen molar-refractivity contribution in [2.75, 3.05) is 0 Å². The molecule has 1 rings (SSSR count). The van der Waals surface area contributed by atoms with Gasteiger partial charge in [-0.3, -0.25) is 9.59 Å². The van der Waals surface area contributed by atoms with Crippen LogP contribution in [0.25, 0.3) is 0 Å². The van der Waals surface area contributed by atoms with Gasteiger partial charge in [0.15, 0.2) is 0 Å². The van der Waals surface area contributed by atoms with Gasteiger partial charge in [-0.25, -0.2) is 0 Å². The van der Waals surface area contributed by atoms with Crippen LogP contribution in [-0.2, 0) is 19.1 Å². The van der Waals surface area contributed by atoms with Crippen LogP contribution < -0.4 is 0 Å². The molecular weight excluding hydrogens is 516 g/mol. The lowest BCUT2D eigenvalue weighted by atomic mass is 10.2. The van der Waals surface area contributed by atoms with Crippen molar-refractivity contribution in [2.45, 2.75) is 20.1 Å². The number of esters is 2. The maximum atomic E-state index is 11.1. The fraction of sp³-hybridized carbons (Fsp3) is 0.273. The molecule has 0 saturated carbocycles. The van der Waals surface area contributed by atoms with Gasteiger partial charge in [0.25, 0.3) is 6.29 Å². The fourth-order valence-corrected chi connectivity index (χ4v) is 3.45. The molecule has 0 aliphatic heterocycles. The van der Waals surface area contributed by atoms with E-state index in [4.69, 9.17) is 9.47 Å². The summed E-state index contributed by atoms with van der Waals surface area (Å²) >= 11 is 13.5. The molecule has 104 valence electrons. The molecule has 19 heavy (non-hydrogen) atoms. The lowest BCUT2D eigenvalue weighted by molar-refractivity contribution is -0.186. The van der Waals surface area contributed by atoms with E-state index in [2.05, 4.69) is 63.7 Å². The van der Waals surface area contributed by atoms with E-state index in [-0.39, 0.29) is 0 Å². The van der Waals surface area contributed by atoms with Crippen LogP contribution in [0.3, 0.4) is 0 Å². The van der Waals surface area contributed by atoms with Crippen LogP contribution in [0.5, 0.6) is 0 Å². The Hall–Kier alpha value is 0.0800. The molecule has 0 radical (unpaired) electrons. The highest BCUT2D eigenvalue weighted by Crippen LogP contribution is 2.42. The summed E-state index contributed by atoms with van der Waals surface area (Å²) in [6.45, 7) is 2.49. The second-order valence-electron chi connectivity index (χ2n) is 3.44. The predicted octanol–water partition coefficient (Wildman–Crippen LogP) is 4.86. The Kier molecular flexibility index (Phi) is 6.49. The Labute approximate surface area is 143 Å². The summed E-state index contributed by atoms with van der Waals surface area (Å²) in [6, 6.07) is 1.69. The molecule has 8 heteroatoms. The standard InChI is InChI=1S/C11H8Br4O4/c1-4(16)18-11(19-5(2)17)6-3-7(12)9(14)10(15)8(6)13/h3,11H,1-2H3. The number of hydrogen-bond donors (Lipinski definition) is 0. The molecule has 0 spiro atoms. The van der Waals surface area contributed by atoms with Crippen molar-refractivity contribution in [3.05, 3.63) is 29.5 Å². The second-order valence-corrected chi connectivity index (χ2v) is 6.67. The van der Waals surface area contributed by atoms with Gasteiger partial charge in [-0.15, -0.1) is 0 Å². The average molecular weight is 524 g/mol. The quantitative estimate of drug-likeness (QED) is 0.246. The van der Waals surface area contributed by atoms with Crippen LogP contribution in [0, 0.1) is 0 Å². The Bertz CT molecular complexity index is 514. The largest absolute Gasteiger partial charge is 0.421 e. The van der Waals surface area contributed by atoms with Crippen LogP contribution in [0.2, 0.25) is 0 Å². The second kappa shape index (κ2) is 7.19. The third kappa shape index (κ3) is 4.54. The summed E-state index contributed by atoms with van der Waals surface area (Å²) in [6.07, 6.45) is -1.11. The van der Waals surface area contributed by atoms with Gasteiger partial charge in [0.05, 0.1) is 0 Å². The van der Waals surface area contributed by atoms with Gasteiger partial charge in [-0.1, -0.05) is 0 Å². The van der Waals surface area contributed by atoms with Gasteiger partial charge < -0.3 is 9.47 Å². The summed E-state index contributed by atoms with van der Waals surface area (Å²) in [4.78, 5) is 22.2.